The summed E-state index contributed by atoms with van der Waals surface area (Å²) in [6.07, 6.45) is 0. The number of carboxylic acids is 1. The molecule has 2 rings (SSSR count). The minimum Gasteiger partial charge on any atom is -0.497 e. The van der Waals surface area contributed by atoms with Crippen LogP contribution in [0.2, 0.25) is 5.02 Å². The standard InChI is InChI=1S/C12H11ClN2O3S/c1-6-10(11(16)17)19-12(14-6)15-9-5-7(18-2)3-4-8(9)13/h3-5H,1-2H3,(H,14,15)(H,16,17). The number of halogens is 1. The third-order valence-corrected chi connectivity index (χ3v) is 3.80. The monoisotopic (exact) mass is 298 g/mol. The van der Waals surface area contributed by atoms with Crippen LogP contribution in [0.1, 0.15) is 15.4 Å². The second-order valence-corrected chi connectivity index (χ2v) is 5.12. The molecule has 0 amide bonds. The molecule has 1 aromatic heterocycles. The molecule has 0 spiro atoms. The number of methoxy groups -OCH3 is 1. The topological polar surface area (TPSA) is 71.5 Å². The number of aromatic carboxylic acids is 1. The lowest BCUT2D eigenvalue weighted by molar-refractivity contribution is 0.0701. The lowest BCUT2D eigenvalue weighted by Crippen LogP contribution is -1.94. The minimum absolute atomic E-state index is 0.210. The smallest absolute Gasteiger partial charge is 0.347 e. The van der Waals surface area contributed by atoms with E-state index in [2.05, 4.69) is 10.3 Å². The summed E-state index contributed by atoms with van der Waals surface area (Å²) in [6, 6.07) is 5.16. The van der Waals surface area contributed by atoms with Crippen LogP contribution >= 0.6 is 22.9 Å². The van der Waals surface area contributed by atoms with Crippen molar-refractivity contribution < 1.29 is 14.6 Å². The van der Waals surface area contributed by atoms with Gasteiger partial charge in [0.25, 0.3) is 0 Å². The molecule has 1 heterocycles. The van der Waals surface area contributed by atoms with Crippen molar-refractivity contribution in [3.63, 3.8) is 0 Å². The van der Waals surface area contributed by atoms with E-state index in [-0.39, 0.29) is 4.88 Å². The molecule has 0 radical (unpaired) electrons. The van der Waals surface area contributed by atoms with Crippen LogP contribution in [0.15, 0.2) is 18.2 Å². The first-order chi connectivity index (χ1) is 9.01. The highest BCUT2D eigenvalue weighted by Gasteiger charge is 2.14. The number of aromatic nitrogens is 1. The number of aryl methyl sites for hydroxylation is 1. The number of carbonyl (C=O) groups is 1. The maximum absolute atomic E-state index is 11.0. The van der Waals surface area contributed by atoms with Crippen molar-refractivity contribution in [1.29, 1.82) is 0 Å². The largest absolute Gasteiger partial charge is 0.497 e. The van der Waals surface area contributed by atoms with Gasteiger partial charge in [0.2, 0.25) is 0 Å². The fraction of sp³-hybridized carbons (Fsp3) is 0.167. The zero-order chi connectivity index (χ0) is 14.0. The molecule has 0 saturated heterocycles. The normalized spacial score (nSPS) is 10.3. The van der Waals surface area contributed by atoms with Crippen molar-refractivity contribution in [3.8, 4) is 5.75 Å². The zero-order valence-electron chi connectivity index (χ0n) is 10.2. The lowest BCUT2D eigenvalue weighted by Gasteiger charge is -2.07. The van der Waals surface area contributed by atoms with E-state index in [1.54, 1.807) is 32.2 Å². The van der Waals surface area contributed by atoms with E-state index in [9.17, 15) is 4.79 Å². The number of rotatable bonds is 4. The van der Waals surface area contributed by atoms with Crippen molar-refractivity contribution in [1.82, 2.24) is 4.98 Å². The summed E-state index contributed by atoms with van der Waals surface area (Å²) in [7, 11) is 1.56. The highest BCUT2D eigenvalue weighted by molar-refractivity contribution is 7.17. The Hall–Kier alpha value is -1.79. The molecule has 0 saturated carbocycles. The van der Waals surface area contributed by atoms with Crippen molar-refractivity contribution >= 4 is 39.7 Å². The SMILES string of the molecule is COc1ccc(Cl)c(Nc2nc(C)c(C(=O)O)s2)c1. The van der Waals surface area contributed by atoms with E-state index in [4.69, 9.17) is 21.4 Å². The van der Waals surface area contributed by atoms with Gasteiger partial charge in [-0.15, -0.1) is 0 Å². The first kappa shape index (κ1) is 13.6. The van der Waals surface area contributed by atoms with Crippen LogP contribution in [0, 0.1) is 6.92 Å². The van der Waals surface area contributed by atoms with Crippen LogP contribution in [0.3, 0.4) is 0 Å². The van der Waals surface area contributed by atoms with Crippen LogP contribution in [0.4, 0.5) is 10.8 Å². The average molecular weight is 299 g/mol. The zero-order valence-corrected chi connectivity index (χ0v) is 11.8. The third kappa shape index (κ3) is 2.97. The third-order valence-electron chi connectivity index (χ3n) is 2.41. The number of benzene rings is 1. The molecule has 1 aromatic carbocycles. The van der Waals surface area contributed by atoms with Gasteiger partial charge in [-0.2, -0.15) is 0 Å². The van der Waals surface area contributed by atoms with E-state index < -0.39 is 5.97 Å². The number of hydrogen-bond acceptors (Lipinski definition) is 5. The maximum atomic E-state index is 11.0. The van der Waals surface area contributed by atoms with E-state index in [1.165, 1.54) is 0 Å². The van der Waals surface area contributed by atoms with Crippen LogP contribution in [0.25, 0.3) is 0 Å². The maximum Gasteiger partial charge on any atom is 0.347 e. The summed E-state index contributed by atoms with van der Waals surface area (Å²) in [6.45, 7) is 1.65. The number of carboxylic acid groups (broad SMARTS) is 1. The summed E-state index contributed by atoms with van der Waals surface area (Å²) in [5, 5.41) is 13.0. The fourth-order valence-electron chi connectivity index (χ4n) is 1.49. The Morgan fingerprint density at radius 2 is 2.26 bits per heavy atom. The second kappa shape index (κ2) is 5.46. The van der Waals surface area contributed by atoms with Gasteiger partial charge in [0.1, 0.15) is 10.6 Å². The molecule has 2 N–H and O–H groups in total. The van der Waals surface area contributed by atoms with Gasteiger partial charge in [-0.1, -0.05) is 22.9 Å². The minimum atomic E-state index is -0.986. The first-order valence-corrected chi connectivity index (χ1v) is 6.52. The van der Waals surface area contributed by atoms with Crippen LogP contribution in [0.5, 0.6) is 5.75 Å². The van der Waals surface area contributed by atoms with Gasteiger partial charge in [0.05, 0.1) is 23.5 Å². The number of nitrogens with one attached hydrogen (secondary N) is 1. The van der Waals surface area contributed by atoms with Crippen molar-refractivity contribution in [2.45, 2.75) is 6.92 Å². The molecule has 0 aliphatic carbocycles. The molecule has 0 unspecified atom stereocenters. The average Bonchev–Trinajstić information content (AvgIpc) is 2.73. The van der Waals surface area contributed by atoms with Gasteiger partial charge >= 0.3 is 5.97 Å². The highest BCUT2D eigenvalue weighted by atomic mass is 35.5. The summed E-state index contributed by atoms with van der Waals surface area (Å²) in [4.78, 5) is 15.3. The fourth-order valence-corrected chi connectivity index (χ4v) is 2.47. The molecule has 0 fully saturated rings. The number of ether oxygens (including phenoxy) is 1. The second-order valence-electron chi connectivity index (χ2n) is 3.71. The Bertz CT molecular complexity index is 627. The summed E-state index contributed by atoms with van der Waals surface area (Å²) in [5.41, 5.74) is 1.09. The molecule has 0 atom stereocenters. The summed E-state index contributed by atoms with van der Waals surface area (Å²) < 4.78 is 5.10. The molecular formula is C12H11ClN2O3S. The molecule has 19 heavy (non-hydrogen) atoms. The van der Waals surface area contributed by atoms with Gasteiger partial charge in [0, 0.05) is 6.07 Å². The predicted octanol–water partition coefficient (Wildman–Crippen LogP) is 3.56. The van der Waals surface area contributed by atoms with Gasteiger partial charge in [-0.3, -0.25) is 0 Å². The van der Waals surface area contributed by atoms with Gasteiger partial charge < -0.3 is 15.2 Å². The Balaban J connectivity index is 2.30. The quantitative estimate of drug-likeness (QED) is 0.903. The van der Waals surface area contributed by atoms with E-state index >= 15 is 0 Å². The van der Waals surface area contributed by atoms with E-state index in [0.29, 0.717) is 27.3 Å². The number of hydrogen-bond donors (Lipinski definition) is 2. The van der Waals surface area contributed by atoms with E-state index in [1.807, 2.05) is 0 Å². The summed E-state index contributed by atoms with van der Waals surface area (Å²) in [5.74, 6) is -0.335. The molecule has 0 aliphatic rings. The van der Waals surface area contributed by atoms with Crippen molar-refractivity contribution in [2.24, 2.45) is 0 Å². The number of thiazole rings is 1. The Labute approximate surface area is 118 Å². The molecular weight excluding hydrogens is 288 g/mol. The van der Waals surface area contributed by atoms with E-state index in [0.717, 1.165) is 11.3 Å². The van der Waals surface area contributed by atoms with Gasteiger partial charge in [-0.25, -0.2) is 9.78 Å². The molecule has 0 aliphatic heterocycles. The molecule has 7 heteroatoms. The molecule has 5 nitrogen and oxygen atoms in total. The van der Waals surface area contributed by atoms with Crippen LogP contribution in [-0.2, 0) is 0 Å². The number of anilines is 2. The highest BCUT2D eigenvalue weighted by Crippen LogP contribution is 2.32. The van der Waals surface area contributed by atoms with Gasteiger partial charge in [0.15, 0.2) is 5.13 Å². The van der Waals surface area contributed by atoms with Crippen molar-refractivity contribution in [3.05, 3.63) is 33.8 Å². The van der Waals surface area contributed by atoms with Crippen molar-refractivity contribution in [2.75, 3.05) is 12.4 Å². The molecule has 2 aromatic rings. The Morgan fingerprint density at radius 1 is 1.53 bits per heavy atom. The Morgan fingerprint density at radius 3 is 2.84 bits per heavy atom. The van der Waals surface area contributed by atoms with Crippen LogP contribution in [-0.4, -0.2) is 23.2 Å². The first-order valence-electron chi connectivity index (χ1n) is 5.32. The van der Waals surface area contributed by atoms with Crippen LogP contribution < -0.4 is 10.1 Å². The Kier molecular flexibility index (Phi) is 3.92. The molecule has 100 valence electrons. The predicted molar refractivity (Wildman–Crippen MR) is 75.1 cm³/mol. The molecule has 0 bridgehead atoms. The van der Waals surface area contributed by atoms with Gasteiger partial charge in [-0.05, 0) is 19.1 Å². The summed E-state index contributed by atoms with van der Waals surface area (Å²) >= 11 is 7.12. The lowest BCUT2D eigenvalue weighted by atomic mass is 10.3. The number of nitrogens with zero attached hydrogens (tertiary/aromatic N) is 1.